The summed E-state index contributed by atoms with van der Waals surface area (Å²) >= 11 is 0. The van der Waals surface area contributed by atoms with Crippen LogP contribution in [0.1, 0.15) is 24.0 Å². The van der Waals surface area contributed by atoms with Gasteiger partial charge >= 0.3 is 0 Å². The number of nitrogens with zero attached hydrogens (tertiary/aromatic N) is 1. The van der Waals surface area contributed by atoms with Crippen molar-refractivity contribution < 1.29 is 21.6 Å². The van der Waals surface area contributed by atoms with Gasteiger partial charge in [0.05, 0.1) is 9.79 Å². The van der Waals surface area contributed by atoms with E-state index in [0.717, 1.165) is 5.56 Å². The predicted molar refractivity (Wildman–Crippen MR) is 114 cm³/mol. The van der Waals surface area contributed by atoms with Crippen LogP contribution in [0.3, 0.4) is 0 Å². The molecular weight excluding hydrogens is 426 g/mol. The molecular formula is C20H25N3O5S2. The van der Waals surface area contributed by atoms with Gasteiger partial charge in [-0.2, -0.15) is 4.31 Å². The third-order valence-corrected chi connectivity index (χ3v) is 8.21. The van der Waals surface area contributed by atoms with Gasteiger partial charge in [-0.3, -0.25) is 4.79 Å². The molecule has 3 N–H and O–H groups in total. The van der Waals surface area contributed by atoms with Crippen molar-refractivity contribution in [3.8, 4) is 0 Å². The molecule has 2 aromatic rings. The van der Waals surface area contributed by atoms with Crippen LogP contribution in [0.2, 0.25) is 0 Å². The number of carbonyl (C=O) groups is 1. The number of hydrogen-bond donors (Lipinski definition) is 2. The Labute approximate surface area is 177 Å². The SMILES string of the molecule is Cc1ccc(S(=O)(=O)N2CCC(C(=O)Nc3ccc(S(N)(=O)=O)cc3)CC2)c(C)c1. The third kappa shape index (κ3) is 4.89. The van der Waals surface area contributed by atoms with Gasteiger partial charge in [-0.1, -0.05) is 17.7 Å². The highest BCUT2D eigenvalue weighted by molar-refractivity contribution is 7.89. The van der Waals surface area contributed by atoms with Crippen molar-refractivity contribution in [1.82, 2.24) is 4.31 Å². The van der Waals surface area contributed by atoms with E-state index in [0.29, 0.717) is 29.0 Å². The number of nitrogens with two attached hydrogens (primary N) is 1. The van der Waals surface area contributed by atoms with E-state index < -0.39 is 20.0 Å². The zero-order chi connectivity index (χ0) is 22.1. The van der Waals surface area contributed by atoms with Crippen molar-refractivity contribution in [2.75, 3.05) is 18.4 Å². The van der Waals surface area contributed by atoms with E-state index >= 15 is 0 Å². The Balaban J connectivity index is 1.63. The summed E-state index contributed by atoms with van der Waals surface area (Å²) < 4.78 is 50.0. The second-order valence-corrected chi connectivity index (χ2v) is 11.0. The number of carbonyl (C=O) groups excluding carboxylic acids is 1. The lowest BCUT2D eigenvalue weighted by molar-refractivity contribution is -0.120. The molecule has 0 aliphatic carbocycles. The van der Waals surface area contributed by atoms with Crippen LogP contribution in [-0.4, -0.2) is 40.1 Å². The number of sulfonamides is 2. The molecule has 0 spiro atoms. The molecule has 1 heterocycles. The number of anilines is 1. The van der Waals surface area contributed by atoms with E-state index in [-0.39, 0.29) is 29.8 Å². The lowest BCUT2D eigenvalue weighted by atomic mass is 9.97. The molecule has 8 nitrogen and oxygen atoms in total. The molecule has 1 saturated heterocycles. The highest BCUT2D eigenvalue weighted by Gasteiger charge is 2.32. The normalized spacial score (nSPS) is 16.4. The topological polar surface area (TPSA) is 127 Å². The Morgan fingerprint density at radius 3 is 2.13 bits per heavy atom. The monoisotopic (exact) mass is 451 g/mol. The minimum absolute atomic E-state index is 0.0367. The van der Waals surface area contributed by atoms with Gasteiger partial charge in [0.2, 0.25) is 26.0 Å². The quantitative estimate of drug-likeness (QED) is 0.719. The first-order chi connectivity index (χ1) is 14.0. The molecule has 30 heavy (non-hydrogen) atoms. The maximum Gasteiger partial charge on any atom is 0.243 e. The molecule has 1 fully saturated rings. The Morgan fingerprint density at radius 2 is 1.60 bits per heavy atom. The lowest BCUT2D eigenvalue weighted by Crippen LogP contribution is -2.41. The van der Waals surface area contributed by atoms with Crippen LogP contribution in [0, 0.1) is 19.8 Å². The molecule has 3 rings (SSSR count). The van der Waals surface area contributed by atoms with E-state index in [2.05, 4.69) is 5.32 Å². The fraction of sp³-hybridized carbons (Fsp3) is 0.350. The number of amides is 1. The van der Waals surface area contributed by atoms with Gasteiger partial charge in [-0.25, -0.2) is 22.0 Å². The molecule has 0 radical (unpaired) electrons. The molecule has 0 saturated carbocycles. The predicted octanol–water partition coefficient (Wildman–Crippen LogP) is 1.99. The number of primary sulfonamides is 1. The van der Waals surface area contributed by atoms with Crippen molar-refractivity contribution in [3.63, 3.8) is 0 Å². The minimum atomic E-state index is -3.79. The van der Waals surface area contributed by atoms with E-state index in [9.17, 15) is 21.6 Å². The van der Waals surface area contributed by atoms with Gasteiger partial charge in [0.1, 0.15) is 0 Å². The number of aryl methyl sites for hydroxylation is 2. The smallest absolute Gasteiger partial charge is 0.243 e. The summed E-state index contributed by atoms with van der Waals surface area (Å²) in [6, 6.07) is 10.8. The van der Waals surface area contributed by atoms with Crippen LogP contribution in [0.5, 0.6) is 0 Å². The van der Waals surface area contributed by atoms with Crippen LogP contribution in [0.4, 0.5) is 5.69 Å². The summed E-state index contributed by atoms with van der Waals surface area (Å²) in [5.74, 6) is -0.546. The standard InChI is InChI=1S/C20H25N3O5S2/c1-14-3-8-19(15(2)13-14)30(27,28)23-11-9-16(10-12-23)20(24)22-17-4-6-18(7-5-17)29(21,25)26/h3-8,13,16H,9-12H2,1-2H3,(H,22,24)(H2,21,25,26). The number of rotatable bonds is 5. The second-order valence-electron chi connectivity index (χ2n) is 7.51. The molecule has 0 unspecified atom stereocenters. The van der Waals surface area contributed by atoms with Crippen molar-refractivity contribution in [2.45, 2.75) is 36.5 Å². The van der Waals surface area contributed by atoms with Crippen LogP contribution in [-0.2, 0) is 24.8 Å². The second kappa shape index (κ2) is 8.46. The van der Waals surface area contributed by atoms with E-state index in [1.807, 2.05) is 13.0 Å². The van der Waals surface area contributed by atoms with Crippen molar-refractivity contribution in [3.05, 3.63) is 53.6 Å². The lowest BCUT2D eigenvalue weighted by Gasteiger charge is -2.31. The molecule has 162 valence electrons. The Morgan fingerprint density at radius 1 is 1.00 bits per heavy atom. The minimum Gasteiger partial charge on any atom is -0.326 e. The van der Waals surface area contributed by atoms with Crippen LogP contribution in [0.25, 0.3) is 0 Å². The molecule has 1 aliphatic rings. The van der Waals surface area contributed by atoms with Gasteiger partial charge in [-0.15, -0.1) is 0 Å². The maximum atomic E-state index is 13.0. The Hall–Kier alpha value is -2.27. The highest BCUT2D eigenvalue weighted by atomic mass is 32.2. The first kappa shape index (κ1) is 22.4. The summed E-state index contributed by atoms with van der Waals surface area (Å²) in [5.41, 5.74) is 2.16. The van der Waals surface area contributed by atoms with Gasteiger partial charge in [0.25, 0.3) is 0 Å². The summed E-state index contributed by atoms with van der Waals surface area (Å²) in [6.07, 6.45) is 0.816. The van der Waals surface area contributed by atoms with Gasteiger partial charge < -0.3 is 5.32 Å². The van der Waals surface area contributed by atoms with Gasteiger partial charge in [0.15, 0.2) is 0 Å². The molecule has 1 aliphatic heterocycles. The number of piperidine rings is 1. The molecule has 0 atom stereocenters. The van der Waals surface area contributed by atoms with Gasteiger partial charge in [-0.05, 0) is 62.6 Å². The number of nitrogens with one attached hydrogen (secondary N) is 1. The molecule has 0 bridgehead atoms. The Kier molecular flexibility index (Phi) is 6.32. The molecule has 10 heteroatoms. The summed E-state index contributed by atoms with van der Waals surface area (Å²) in [5, 5.41) is 7.81. The Bertz CT molecular complexity index is 1150. The first-order valence-corrected chi connectivity index (χ1v) is 12.5. The van der Waals surface area contributed by atoms with Crippen LogP contribution < -0.4 is 10.5 Å². The summed E-state index contributed by atoms with van der Waals surface area (Å²) in [6.45, 7) is 4.22. The average Bonchev–Trinajstić information content (AvgIpc) is 2.67. The van der Waals surface area contributed by atoms with Crippen molar-refractivity contribution >= 4 is 31.6 Å². The van der Waals surface area contributed by atoms with E-state index in [4.69, 9.17) is 5.14 Å². The fourth-order valence-electron chi connectivity index (χ4n) is 3.56. The molecule has 1 amide bonds. The zero-order valence-electron chi connectivity index (χ0n) is 16.8. The van der Waals surface area contributed by atoms with Crippen LogP contribution >= 0.6 is 0 Å². The summed E-state index contributed by atoms with van der Waals surface area (Å²) in [4.78, 5) is 12.8. The molecule has 0 aromatic heterocycles. The van der Waals surface area contributed by atoms with E-state index in [1.165, 1.54) is 28.6 Å². The fourth-order valence-corrected chi connectivity index (χ4v) is 5.75. The maximum absolute atomic E-state index is 13.0. The molecule has 2 aromatic carbocycles. The highest BCUT2D eigenvalue weighted by Crippen LogP contribution is 2.27. The number of benzene rings is 2. The van der Waals surface area contributed by atoms with Gasteiger partial charge in [0, 0.05) is 24.7 Å². The largest absolute Gasteiger partial charge is 0.326 e. The summed E-state index contributed by atoms with van der Waals surface area (Å²) in [7, 11) is -7.40. The van der Waals surface area contributed by atoms with Crippen LogP contribution in [0.15, 0.2) is 52.3 Å². The average molecular weight is 452 g/mol. The first-order valence-electron chi connectivity index (χ1n) is 9.49. The third-order valence-electron chi connectivity index (χ3n) is 5.22. The van der Waals surface area contributed by atoms with E-state index in [1.54, 1.807) is 19.1 Å². The zero-order valence-corrected chi connectivity index (χ0v) is 18.5. The van der Waals surface area contributed by atoms with Crippen molar-refractivity contribution in [2.24, 2.45) is 11.1 Å². The van der Waals surface area contributed by atoms with Crippen molar-refractivity contribution in [1.29, 1.82) is 0 Å². The number of hydrogen-bond acceptors (Lipinski definition) is 5.